The number of ether oxygens (including phenoxy) is 2. The summed E-state index contributed by atoms with van der Waals surface area (Å²) in [5.74, 6) is -0.0694. The molecule has 2 heterocycles. The largest absolute Gasteiger partial charge is 0.487 e. The lowest BCUT2D eigenvalue weighted by atomic mass is 9.70. The molecular formula is C33H42ClN3O6S. The Kier molecular flexibility index (Phi) is 10.2. The number of nitrogens with zero attached hydrogens (tertiary/aromatic N) is 2. The summed E-state index contributed by atoms with van der Waals surface area (Å²) in [7, 11) is 0.390. The summed E-state index contributed by atoms with van der Waals surface area (Å²) in [6.45, 7) is 1.84. The van der Waals surface area contributed by atoms with Crippen LogP contribution in [0.4, 0.5) is 5.69 Å². The molecule has 9 nitrogen and oxygen atoms in total. The predicted molar refractivity (Wildman–Crippen MR) is 172 cm³/mol. The van der Waals surface area contributed by atoms with Crippen LogP contribution in [0.2, 0.25) is 5.02 Å². The molecule has 1 N–H and O–H groups in total. The number of carbonyl (C=O) groups excluding carboxylic acids is 2. The number of anilines is 1. The van der Waals surface area contributed by atoms with Gasteiger partial charge in [-0.25, -0.2) is 13.1 Å². The number of aryl methyl sites for hydroxylation is 1. The molecule has 0 saturated heterocycles. The highest BCUT2D eigenvalue weighted by Crippen LogP contribution is 2.41. The molecule has 2 aromatic rings. The SMILES string of the molecule is CO[C@H]1/C=C/CC[C@H](C(=O)N(C)C)S(=O)(=O)NC(=O)c2ccc3c(c2)N(CCCCc2cc(Cl)ccc2CO3)C[C@@H]2CC[C@H]21. The molecule has 1 fully saturated rings. The molecule has 1 aliphatic carbocycles. The topological polar surface area (TPSA) is 105 Å². The normalized spacial score (nSPS) is 26.4. The van der Waals surface area contributed by atoms with Gasteiger partial charge in [-0.15, -0.1) is 0 Å². The maximum Gasteiger partial charge on any atom is 0.264 e. The Morgan fingerprint density at radius 1 is 1.09 bits per heavy atom. The number of amides is 2. The van der Waals surface area contributed by atoms with E-state index in [1.165, 1.54) is 19.0 Å². The first-order chi connectivity index (χ1) is 21.1. The highest BCUT2D eigenvalue weighted by atomic mass is 35.5. The van der Waals surface area contributed by atoms with Gasteiger partial charge in [0, 0.05) is 44.9 Å². The van der Waals surface area contributed by atoms with E-state index in [0.29, 0.717) is 35.6 Å². The van der Waals surface area contributed by atoms with Crippen LogP contribution in [0.1, 0.15) is 60.0 Å². The first-order valence-corrected chi connectivity index (χ1v) is 17.3. The van der Waals surface area contributed by atoms with Gasteiger partial charge in [-0.05, 0) is 98.2 Å². The third-order valence-electron chi connectivity index (χ3n) is 9.11. The predicted octanol–water partition coefficient (Wildman–Crippen LogP) is 4.97. The third-order valence-corrected chi connectivity index (χ3v) is 11.0. The summed E-state index contributed by atoms with van der Waals surface area (Å²) in [6, 6.07) is 10.9. The molecular weight excluding hydrogens is 602 g/mol. The van der Waals surface area contributed by atoms with Crippen molar-refractivity contribution in [2.45, 2.75) is 62.9 Å². The molecule has 2 aliphatic heterocycles. The average Bonchev–Trinajstić information content (AvgIpc) is 3.00. The van der Waals surface area contributed by atoms with Crippen LogP contribution < -0.4 is 14.4 Å². The highest BCUT2D eigenvalue weighted by molar-refractivity contribution is 7.91. The van der Waals surface area contributed by atoms with Crippen molar-refractivity contribution in [3.8, 4) is 5.75 Å². The summed E-state index contributed by atoms with van der Waals surface area (Å²) in [4.78, 5) is 30.0. The number of methoxy groups -OCH3 is 1. The Balaban J connectivity index is 1.55. The van der Waals surface area contributed by atoms with Crippen molar-refractivity contribution in [1.82, 2.24) is 9.62 Å². The molecule has 2 bridgehead atoms. The number of allylic oxidation sites excluding steroid dienone is 1. The second kappa shape index (κ2) is 13.9. The van der Waals surface area contributed by atoms with E-state index >= 15 is 0 Å². The monoisotopic (exact) mass is 643 g/mol. The minimum atomic E-state index is -4.33. The van der Waals surface area contributed by atoms with Gasteiger partial charge in [0.15, 0.2) is 5.25 Å². The number of hydrogen-bond donors (Lipinski definition) is 1. The fourth-order valence-electron chi connectivity index (χ4n) is 6.45. The van der Waals surface area contributed by atoms with Crippen molar-refractivity contribution in [2.24, 2.45) is 11.8 Å². The van der Waals surface area contributed by atoms with Gasteiger partial charge in [-0.2, -0.15) is 0 Å². The lowest BCUT2D eigenvalue weighted by Crippen LogP contribution is -2.46. The van der Waals surface area contributed by atoms with Gasteiger partial charge in [0.05, 0.1) is 11.8 Å². The van der Waals surface area contributed by atoms with Crippen molar-refractivity contribution < 1.29 is 27.5 Å². The van der Waals surface area contributed by atoms with Crippen molar-refractivity contribution in [3.05, 3.63) is 70.3 Å². The number of sulfonamides is 1. The molecule has 4 atom stereocenters. The van der Waals surface area contributed by atoms with E-state index in [1.807, 2.05) is 30.4 Å². The standard InChI is InChI=1S/C33H42ClN3O6S/c1-36(2)33(39)31-10-5-4-9-29(42-3)27-15-12-24(27)20-37-17-7-6-8-22-18-26(34)14-11-25(22)21-43-30-16-13-23(19-28(30)37)32(38)35-44(31,40)41/h4,9,11,13-14,16,18-19,24,27,29,31H,5-8,10,12,15,17,20-21H2,1-3H3,(H,35,38)/b9-4+/t24-,27+,29-,31+/m0/s1. The number of benzene rings is 2. The maximum absolute atomic E-state index is 13.5. The zero-order chi connectivity index (χ0) is 31.4. The highest BCUT2D eigenvalue weighted by Gasteiger charge is 2.38. The van der Waals surface area contributed by atoms with E-state index in [2.05, 4.69) is 9.62 Å². The van der Waals surface area contributed by atoms with Crippen LogP contribution in [-0.4, -0.2) is 70.8 Å². The lowest BCUT2D eigenvalue weighted by molar-refractivity contribution is -0.128. The Bertz CT molecular complexity index is 1510. The zero-order valence-corrected chi connectivity index (χ0v) is 27.2. The molecule has 238 valence electrons. The van der Waals surface area contributed by atoms with E-state index in [-0.39, 0.29) is 18.1 Å². The Morgan fingerprint density at radius 2 is 1.91 bits per heavy atom. The van der Waals surface area contributed by atoms with E-state index in [0.717, 1.165) is 62.0 Å². The first-order valence-electron chi connectivity index (χ1n) is 15.3. The van der Waals surface area contributed by atoms with Crippen molar-refractivity contribution in [1.29, 1.82) is 0 Å². The Hall–Kier alpha value is -3.08. The fraction of sp³-hybridized carbons (Fsp3) is 0.515. The fourth-order valence-corrected chi connectivity index (χ4v) is 8.09. The van der Waals surface area contributed by atoms with E-state index in [1.54, 1.807) is 25.3 Å². The van der Waals surface area contributed by atoms with Crippen molar-refractivity contribution >= 4 is 39.1 Å². The molecule has 3 aliphatic rings. The number of rotatable bonds is 2. The minimum Gasteiger partial charge on any atom is -0.487 e. The van der Waals surface area contributed by atoms with Crippen LogP contribution in [0.5, 0.6) is 5.75 Å². The van der Waals surface area contributed by atoms with Gasteiger partial charge >= 0.3 is 0 Å². The average molecular weight is 644 g/mol. The summed E-state index contributed by atoms with van der Waals surface area (Å²) in [6.07, 6.45) is 9.00. The van der Waals surface area contributed by atoms with E-state index in [4.69, 9.17) is 21.1 Å². The van der Waals surface area contributed by atoms with Crippen molar-refractivity contribution in [2.75, 3.05) is 39.2 Å². The van der Waals surface area contributed by atoms with Gasteiger partial charge in [0.1, 0.15) is 12.4 Å². The van der Waals surface area contributed by atoms with Crippen LogP contribution in [0, 0.1) is 11.8 Å². The maximum atomic E-state index is 13.5. The quantitative estimate of drug-likeness (QED) is 0.461. The van der Waals surface area contributed by atoms with E-state index < -0.39 is 27.1 Å². The lowest BCUT2D eigenvalue weighted by Gasteiger charge is -2.43. The minimum absolute atomic E-state index is 0.0408. The zero-order valence-electron chi connectivity index (χ0n) is 25.6. The number of hydrogen-bond acceptors (Lipinski definition) is 7. The summed E-state index contributed by atoms with van der Waals surface area (Å²) in [5, 5.41) is -0.715. The second-order valence-corrected chi connectivity index (χ2v) is 14.5. The van der Waals surface area contributed by atoms with Crippen LogP contribution in [0.3, 0.4) is 0 Å². The summed E-state index contributed by atoms with van der Waals surface area (Å²) < 4.78 is 41.4. The first kappa shape index (κ1) is 32.3. The summed E-state index contributed by atoms with van der Waals surface area (Å²) in [5.41, 5.74) is 3.15. The Labute approximate surface area is 265 Å². The molecule has 1 saturated carbocycles. The van der Waals surface area contributed by atoms with E-state index in [9.17, 15) is 18.0 Å². The molecule has 11 heteroatoms. The summed E-state index contributed by atoms with van der Waals surface area (Å²) >= 11 is 6.32. The van der Waals surface area contributed by atoms with Gasteiger partial charge in [-0.1, -0.05) is 29.8 Å². The molecule has 2 aromatic carbocycles. The van der Waals surface area contributed by atoms with Crippen LogP contribution in [0.25, 0.3) is 0 Å². The molecule has 0 radical (unpaired) electrons. The van der Waals surface area contributed by atoms with Gasteiger partial charge in [0.2, 0.25) is 15.9 Å². The molecule has 5 rings (SSSR count). The van der Waals surface area contributed by atoms with Crippen LogP contribution in [0.15, 0.2) is 48.6 Å². The molecule has 2 amide bonds. The van der Waals surface area contributed by atoms with Crippen LogP contribution >= 0.6 is 11.6 Å². The number of halogens is 1. The molecule has 0 aromatic heterocycles. The van der Waals surface area contributed by atoms with Crippen molar-refractivity contribution in [3.63, 3.8) is 0 Å². The number of fused-ring (bicyclic) bond motifs is 3. The third kappa shape index (κ3) is 7.24. The van der Waals surface area contributed by atoms with Gasteiger partial charge < -0.3 is 19.3 Å². The molecule has 0 spiro atoms. The van der Waals surface area contributed by atoms with Gasteiger partial charge in [0.25, 0.3) is 5.91 Å². The Morgan fingerprint density at radius 3 is 2.64 bits per heavy atom. The molecule has 0 unspecified atom stereocenters. The second-order valence-electron chi connectivity index (χ2n) is 12.2. The molecule has 44 heavy (non-hydrogen) atoms. The van der Waals surface area contributed by atoms with Gasteiger partial charge in [-0.3, -0.25) is 9.59 Å². The smallest absolute Gasteiger partial charge is 0.264 e. The number of nitrogens with one attached hydrogen (secondary N) is 1. The number of carbonyl (C=O) groups is 2. The van der Waals surface area contributed by atoms with Crippen LogP contribution in [-0.2, 0) is 32.6 Å².